The quantitative estimate of drug-likeness (QED) is 0.575. The minimum atomic E-state index is -4.10. The Kier molecular flexibility index (Phi) is 5.28. The predicted octanol–water partition coefficient (Wildman–Crippen LogP) is 2.92. The van der Waals surface area contributed by atoms with Crippen LogP contribution in [0.4, 0.5) is 13.2 Å². The summed E-state index contributed by atoms with van der Waals surface area (Å²) in [5.41, 5.74) is 0. The van der Waals surface area contributed by atoms with Crippen LogP contribution in [0.15, 0.2) is 0 Å². The molecule has 1 nitrogen and oxygen atoms in total. The summed E-state index contributed by atoms with van der Waals surface area (Å²) in [7, 11) is 0. The maximum absolute atomic E-state index is 11.5. The maximum Gasteiger partial charge on any atom is 0.391 e. The first kappa shape index (κ1) is 10.8. The number of unbranched alkanes of at least 4 members (excludes halogenated alkanes) is 1. The third kappa shape index (κ3) is 9.75. The lowest BCUT2D eigenvalue weighted by molar-refractivity contribution is -0.143. The summed E-state index contributed by atoms with van der Waals surface area (Å²) in [6.45, 7) is 3.10. The van der Waals surface area contributed by atoms with E-state index in [1.807, 2.05) is 6.92 Å². The minimum absolute atomic E-state index is 0.260. The van der Waals surface area contributed by atoms with E-state index in [1.165, 1.54) is 6.61 Å². The van der Waals surface area contributed by atoms with Gasteiger partial charge in [0, 0.05) is 0 Å². The summed E-state index contributed by atoms with van der Waals surface area (Å²) in [6, 6.07) is 0. The highest BCUT2D eigenvalue weighted by molar-refractivity contribution is 4.52. The van der Waals surface area contributed by atoms with Crippen molar-refractivity contribution in [3.05, 3.63) is 6.61 Å². The van der Waals surface area contributed by atoms with Crippen LogP contribution in [-0.2, 0) is 4.74 Å². The standard InChI is InChI=1S/C7H12F3O/c1-2-3-5-11-6-4-7(8,9)10/h5H,2-4,6H2,1H3. The Balaban J connectivity index is 3.02. The molecular formula is C7H12F3O. The number of rotatable bonds is 5. The van der Waals surface area contributed by atoms with Crippen LogP contribution >= 0.6 is 0 Å². The summed E-state index contributed by atoms with van der Waals surface area (Å²) in [4.78, 5) is 0. The van der Waals surface area contributed by atoms with Gasteiger partial charge in [0.15, 0.2) is 0 Å². The van der Waals surface area contributed by atoms with E-state index in [0.29, 0.717) is 6.42 Å². The molecule has 0 aromatic carbocycles. The highest BCUT2D eigenvalue weighted by Gasteiger charge is 2.26. The van der Waals surface area contributed by atoms with E-state index in [-0.39, 0.29) is 6.61 Å². The van der Waals surface area contributed by atoms with E-state index in [9.17, 15) is 13.2 Å². The van der Waals surface area contributed by atoms with Crippen molar-refractivity contribution >= 4 is 0 Å². The van der Waals surface area contributed by atoms with Gasteiger partial charge >= 0.3 is 6.18 Å². The molecule has 0 saturated carbocycles. The smallest absolute Gasteiger partial charge is 0.375 e. The molecule has 0 aromatic heterocycles. The second-order valence-electron chi connectivity index (χ2n) is 2.19. The van der Waals surface area contributed by atoms with Gasteiger partial charge in [-0.2, -0.15) is 13.2 Å². The molecule has 0 aliphatic rings. The number of hydrogen-bond acceptors (Lipinski definition) is 1. The molecule has 0 aromatic rings. The number of ether oxygens (including phenoxy) is 1. The van der Waals surface area contributed by atoms with Crippen molar-refractivity contribution < 1.29 is 17.9 Å². The Morgan fingerprint density at radius 3 is 2.45 bits per heavy atom. The first-order valence-corrected chi connectivity index (χ1v) is 3.56. The Bertz CT molecular complexity index is 90.2. The fraction of sp³-hybridized carbons (Fsp3) is 0.857. The average molecular weight is 169 g/mol. The third-order valence-corrected chi connectivity index (χ3v) is 1.03. The van der Waals surface area contributed by atoms with E-state index in [4.69, 9.17) is 0 Å². The molecule has 0 fully saturated rings. The van der Waals surface area contributed by atoms with E-state index >= 15 is 0 Å². The molecule has 0 saturated heterocycles. The Morgan fingerprint density at radius 1 is 1.36 bits per heavy atom. The van der Waals surface area contributed by atoms with Gasteiger partial charge in [-0.15, -0.1) is 0 Å². The zero-order valence-corrected chi connectivity index (χ0v) is 6.45. The second kappa shape index (κ2) is 5.41. The maximum atomic E-state index is 11.5. The number of hydrogen-bond donors (Lipinski definition) is 0. The summed E-state index contributed by atoms with van der Waals surface area (Å²) in [6.07, 6.45) is -3.36. The van der Waals surface area contributed by atoms with Crippen LogP contribution in [0, 0.1) is 6.61 Å². The SMILES string of the molecule is CCC[CH]OCCC(F)(F)F. The van der Waals surface area contributed by atoms with Crippen LogP contribution in [0.5, 0.6) is 0 Å². The highest BCUT2D eigenvalue weighted by Crippen LogP contribution is 2.19. The van der Waals surface area contributed by atoms with Gasteiger partial charge in [0.05, 0.1) is 19.6 Å². The van der Waals surface area contributed by atoms with Crippen molar-refractivity contribution in [1.29, 1.82) is 0 Å². The zero-order chi connectivity index (χ0) is 8.74. The Labute approximate surface area is 64.5 Å². The normalized spacial score (nSPS) is 12.0. The largest absolute Gasteiger partial charge is 0.391 e. The van der Waals surface area contributed by atoms with Crippen LogP contribution in [0.1, 0.15) is 26.2 Å². The topological polar surface area (TPSA) is 9.23 Å². The van der Waals surface area contributed by atoms with Crippen molar-refractivity contribution in [3.63, 3.8) is 0 Å². The molecule has 0 heterocycles. The van der Waals surface area contributed by atoms with Gasteiger partial charge in [0.1, 0.15) is 0 Å². The van der Waals surface area contributed by atoms with E-state index in [2.05, 4.69) is 4.74 Å². The molecule has 0 rings (SSSR count). The van der Waals surface area contributed by atoms with Gasteiger partial charge in [-0.25, -0.2) is 0 Å². The molecule has 0 amide bonds. The van der Waals surface area contributed by atoms with Crippen LogP contribution in [-0.4, -0.2) is 12.8 Å². The van der Waals surface area contributed by atoms with Gasteiger partial charge in [-0.1, -0.05) is 13.3 Å². The van der Waals surface area contributed by atoms with Gasteiger partial charge in [0.25, 0.3) is 0 Å². The first-order chi connectivity index (χ1) is 5.06. The van der Waals surface area contributed by atoms with E-state index in [1.54, 1.807) is 0 Å². The lowest BCUT2D eigenvalue weighted by Gasteiger charge is -2.05. The average Bonchev–Trinajstić information content (AvgIpc) is 1.85. The highest BCUT2D eigenvalue weighted by atomic mass is 19.4. The van der Waals surface area contributed by atoms with Crippen LogP contribution < -0.4 is 0 Å². The van der Waals surface area contributed by atoms with Gasteiger partial charge in [-0.3, -0.25) is 0 Å². The molecule has 4 heteroatoms. The fourth-order valence-corrected chi connectivity index (χ4v) is 0.459. The monoisotopic (exact) mass is 169 g/mol. The van der Waals surface area contributed by atoms with Crippen LogP contribution in [0.3, 0.4) is 0 Å². The lowest BCUT2D eigenvalue weighted by Crippen LogP contribution is -2.10. The lowest BCUT2D eigenvalue weighted by atomic mass is 10.4. The summed E-state index contributed by atoms with van der Waals surface area (Å²) < 4.78 is 39.0. The number of halogens is 3. The van der Waals surface area contributed by atoms with Gasteiger partial charge in [-0.05, 0) is 6.42 Å². The fourth-order valence-electron chi connectivity index (χ4n) is 0.459. The van der Waals surface area contributed by atoms with Gasteiger partial charge in [0.2, 0.25) is 0 Å². The van der Waals surface area contributed by atoms with Crippen LogP contribution in [0.2, 0.25) is 0 Å². The summed E-state index contributed by atoms with van der Waals surface area (Å²) in [5, 5.41) is 0. The third-order valence-electron chi connectivity index (χ3n) is 1.03. The Morgan fingerprint density at radius 2 is 2.00 bits per heavy atom. The molecule has 0 unspecified atom stereocenters. The first-order valence-electron chi connectivity index (χ1n) is 3.56. The van der Waals surface area contributed by atoms with Crippen molar-refractivity contribution in [2.75, 3.05) is 6.61 Å². The van der Waals surface area contributed by atoms with Crippen molar-refractivity contribution in [2.24, 2.45) is 0 Å². The molecule has 0 aliphatic heterocycles. The molecular weight excluding hydrogens is 157 g/mol. The van der Waals surface area contributed by atoms with Crippen molar-refractivity contribution in [3.8, 4) is 0 Å². The van der Waals surface area contributed by atoms with Crippen molar-refractivity contribution in [2.45, 2.75) is 32.4 Å². The molecule has 0 atom stereocenters. The zero-order valence-electron chi connectivity index (χ0n) is 6.45. The van der Waals surface area contributed by atoms with Crippen LogP contribution in [0.25, 0.3) is 0 Å². The molecule has 67 valence electrons. The minimum Gasteiger partial charge on any atom is -0.375 e. The molecule has 0 bridgehead atoms. The second-order valence-corrected chi connectivity index (χ2v) is 2.19. The summed E-state index contributed by atoms with van der Waals surface area (Å²) >= 11 is 0. The van der Waals surface area contributed by atoms with Gasteiger partial charge < -0.3 is 4.74 Å². The summed E-state index contributed by atoms with van der Waals surface area (Å²) in [5.74, 6) is 0. The molecule has 1 radical (unpaired) electrons. The van der Waals surface area contributed by atoms with E-state index in [0.717, 1.165) is 6.42 Å². The number of alkyl halides is 3. The molecule has 0 aliphatic carbocycles. The molecule has 0 N–H and O–H groups in total. The van der Waals surface area contributed by atoms with E-state index < -0.39 is 12.6 Å². The Hall–Kier alpha value is -0.250. The van der Waals surface area contributed by atoms with Crippen molar-refractivity contribution in [1.82, 2.24) is 0 Å². The molecule has 0 spiro atoms. The molecule has 11 heavy (non-hydrogen) atoms. The predicted molar refractivity (Wildman–Crippen MR) is 35.8 cm³/mol.